The molecule has 3 heteroatoms. The monoisotopic (exact) mass is 259 g/mol. The van der Waals surface area contributed by atoms with Crippen LogP contribution in [0.25, 0.3) is 0 Å². The van der Waals surface area contributed by atoms with Crippen molar-refractivity contribution in [2.45, 2.75) is 32.9 Å². The third-order valence-electron chi connectivity index (χ3n) is 3.59. The number of rotatable bonds is 4. The van der Waals surface area contributed by atoms with Crippen molar-refractivity contribution >= 4 is 5.97 Å². The van der Waals surface area contributed by atoms with Gasteiger partial charge >= 0.3 is 5.97 Å². The van der Waals surface area contributed by atoms with Crippen molar-refractivity contribution in [3.8, 4) is 0 Å². The van der Waals surface area contributed by atoms with Gasteiger partial charge in [-0.2, -0.15) is 0 Å². The summed E-state index contributed by atoms with van der Waals surface area (Å²) in [5.41, 5.74) is 2.49. The Morgan fingerprint density at radius 3 is 2.84 bits per heavy atom. The van der Waals surface area contributed by atoms with Gasteiger partial charge in [0.05, 0.1) is 6.61 Å². The maximum atomic E-state index is 11.5. The molecule has 0 saturated carbocycles. The lowest BCUT2D eigenvalue weighted by molar-refractivity contribution is -0.137. The van der Waals surface area contributed by atoms with Crippen molar-refractivity contribution in [2.75, 3.05) is 13.2 Å². The average molecular weight is 259 g/mol. The van der Waals surface area contributed by atoms with Gasteiger partial charge in [0.15, 0.2) is 0 Å². The Kier molecular flexibility index (Phi) is 4.74. The van der Waals surface area contributed by atoms with E-state index in [1.165, 1.54) is 11.1 Å². The number of benzene rings is 1. The van der Waals surface area contributed by atoms with E-state index in [0.29, 0.717) is 12.6 Å². The first-order valence-corrected chi connectivity index (χ1v) is 6.86. The summed E-state index contributed by atoms with van der Waals surface area (Å²) in [6, 6.07) is 10.7. The lowest BCUT2D eigenvalue weighted by Crippen LogP contribution is -2.27. The second-order valence-corrected chi connectivity index (χ2v) is 4.85. The SMILES string of the molecule is CCOC(=O)/C=C1\CCN(Cc2ccccc2)C1C. The minimum atomic E-state index is -0.217. The molecule has 0 amide bonds. The fourth-order valence-electron chi connectivity index (χ4n) is 2.47. The molecule has 1 aromatic rings. The predicted molar refractivity (Wildman–Crippen MR) is 75.6 cm³/mol. The second-order valence-electron chi connectivity index (χ2n) is 4.85. The molecule has 0 spiro atoms. The molecule has 1 unspecified atom stereocenters. The van der Waals surface area contributed by atoms with E-state index in [-0.39, 0.29) is 5.97 Å². The normalized spacial score (nSPS) is 21.8. The molecule has 0 N–H and O–H groups in total. The van der Waals surface area contributed by atoms with Crippen LogP contribution in [0.4, 0.5) is 0 Å². The van der Waals surface area contributed by atoms with Gasteiger partial charge in [-0.3, -0.25) is 4.90 Å². The highest BCUT2D eigenvalue weighted by molar-refractivity contribution is 5.83. The van der Waals surface area contributed by atoms with Crippen LogP contribution in [0.15, 0.2) is 42.0 Å². The summed E-state index contributed by atoms with van der Waals surface area (Å²) in [5, 5.41) is 0. The third-order valence-corrected chi connectivity index (χ3v) is 3.59. The van der Waals surface area contributed by atoms with Crippen LogP contribution >= 0.6 is 0 Å². The topological polar surface area (TPSA) is 29.5 Å². The first kappa shape index (κ1) is 13.8. The highest BCUT2D eigenvalue weighted by Gasteiger charge is 2.25. The van der Waals surface area contributed by atoms with Crippen molar-refractivity contribution in [1.29, 1.82) is 0 Å². The lowest BCUT2D eigenvalue weighted by Gasteiger charge is -2.21. The molecule has 102 valence electrons. The number of hydrogen-bond donors (Lipinski definition) is 0. The summed E-state index contributed by atoms with van der Waals surface area (Å²) in [7, 11) is 0. The molecule has 1 aliphatic rings. The van der Waals surface area contributed by atoms with E-state index in [0.717, 1.165) is 19.5 Å². The molecule has 0 bridgehead atoms. The zero-order valence-corrected chi connectivity index (χ0v) is 11.6. The molecule has 0 aromatic heterocycles. The molecule has 1 heterocycles. The standard InChI is InChI=1S/C16H21NO2/c1-3-19-16(18)11-15-9-10-17(13(15)2)12-14-7-5-4-6-8-14/h4-8,11,13H,3,9-10,12H2,1-2H3/b15-11+. The summed E-state index contributed by atoms with van der Waals surface area (Å²) < 4.78 is 4.97. The van der Waals surface area contributed by atoms with E-state index in [2.05, 4.69) is 36.1 Å². The highest BCUT2D eigenvalue weighted by Crippen LogP contribution is 2.25. The van der Waals surface area contributed by atoms with E-state index in [1.807, 2.05) is 13.0 Å². The van der Waals surface area contributed by atoms with E-state index in [9.17, 15) is 4.79 Å². The molecule has 3 nitrogen and oxygen atoms in total. The summed E-state index contributed by atoms with van der Waals surface area (Å²) in [4.78, 5) is 13.9. The van der Waals surface area contributed by atoms with Crippen LogP contribution < -0.4 is 0 Å². The zero-order valence-electron chi connectivity index (χ0n) is 11.6. The third kappa shape index (κ3) is 3.67. The quantitative estimate of drug-likeness (QED) is 0.615. The Morgan fingerprint density at radius 2 is 2.16 bits per heavy atom. The minimum Gasteiger partial charge on any atom is -0.463 e. The summed E-state index contributed by atoms with van der Waals surface area (Å²) in [6.45, 7) is 6.35. The van der Waals surface area contributed by atoms with Crippen molar-refractivity contribution in [1.82, 2.24) is 4.90 Å². The van der Waals surface area contributed by atoms with E-state index in [1.54, 1.807) is 6.08 Å². The number of ether oxygens (including phenoxy) is 1. The molecule has 0 radical (unpaired) electrons. The van der Waals surface area contributed by atoms with Gasteiger partial charge in [0, 0.05) is 25.2 Å². The van der Waals surface area contributed by atoms with Gasteiger partial charge in [-0.05, 0) is 31.4 Å². The second kappa shape index (κ2) is 6.53. The van der Waals surface area contributed by atoms with Crippen LogP contribution in [-0.4, -0.2) is 30.1 Å². The lowest BCUT2D eigenvalue weighted by atomic mass is 10.1. The largest absolute Gasteiger partial charge is 0.463 e. The van der Waals surface area contributed by atoms with Gasteiger partial charge in [-0.1, -0.05) is 30.3 Å². The zero-order chi connectivity index (χ0) is 13.7. The van der Waals surface area contributed by atoms with Crippen LogP contribution in [0, 0.1) is 0 Å². The fraction of sp³-hybridized carbons (Fsp3) is 0.438. The maximum Gasteiger partial charge on any atom is 0.330 e. The molecule has 2 rings (SSSR count). The van der Waals surface area contributed by atoms with Crippen molar-refractivity contribution in [2.24, 2.45) is 0 Å². The Bertz CT molecular complexity index is 453. The molecule has 1 aliphatic heterocycles. The van der Waals surface area contributed by atoms with Gasteiger partial charge in [0.25, 0.3) is 0 Å². The molecule has 1 saturated heterocycles. The number of carbonyl (C=O) groups excluding carboxylic acids is 1. The molecule has 0 aliphatic carbocycles. The minimum absolute atomic E-state index is 0.217. The number of nitrogens with zero attached hydrogens (tertiary/aromatic N) is 1. The first-order chi connectivity index (χ1) is 9.20. The molecular formula is C16H21NO2. The Morgan fingerprint density at radius 1 is 1.42 bits per heavy atom. The number of likely N-dealkylation sites (tertiary alicyclic amines) is 1. The smallest absolute Gasteiger partial charge is 0.330 e. The van der Waals surface area contributed by atoms with Crippen molar-refractivity contribution in [3.05, 3.63) is 47.5 Å². The number of carbonyl (C=O) groups is 1. The average Bonchev–Trinajstić information content (AvgIpc) is 2.73. The summed E-state index contributed by atoms with van der Waals surface area (Å²) in [5.74, 6) is -0.217. The maximum absolute atomic E-state index is 11.5. The summed E-state index contributed by atoms with van der Waals surface area (Å²) >= 11 is 0. The van der Waals surface area contributed by atoms with Crippen LogP contribution in [0.1, 0.15) is 25.8 Å². The van der Waals surface area contributed by atoms with Crippen LogP contribution in [0.5, 0.6) is 0 Å². The van der Waals surface area contributed by atoms with Crippen LogP contribution in [0.2, 0.25) is 0 Å². The molecule has 19 heavy (non-hydrogen) atoms. The number of esters is 1. The predicted octanol–water partition coefficient (Wildman–Crippen LogP) is 2.77. The van der Waals surface area contributed by atoms with Gasteiger partial charge < -0.3 is 4.74 Å². The van der Waals surface area contributed by atoms with Gasteiger partial charge in [0.1, 0.15) is 0 Å². The molecule has 1 fully saturated rings. The number of hydrogen-bond acceptors (Lipinski definition) is 3. The van der Waals surface area contributed by atoms with E-state index < -0.39 is 0 Å². The van der Waals surface area contributed by atoms with Crippen LogP contribution in [-0.2, 0) is 16.1 Å². The van der Waals surface area contributed by atoms with Crippen molar-refractivity contribution in [3.63, 3.8) is 0 Å². The van der Waals surface area contributed by atoms with Gasteiger partial charge in [-0.25, -0.2) is 4.79 Å². The Balaban J connectivity index is 1.98. The van der Waals surface area contributed by atoms with Gasteiger partial charge in [0.2, 0.25) is 0 Å². The Hall–Kier alpha value is -1.61. The Labute approximate surface area is 114 Å². The highest BCUT2D eigenvalue weighted by atomic mass is 16.5. The fourth-order valence-corrected chi connectivity index (χ4v) is 2.47. The van der Waals surface area contributed by atoms with E-state index >= 15 is 0 Å². The first-order valence-electron chi connectivity index (χ1n) is 6.86. The van der Waals surface area contributed by atoms with Gasteiger partial charge in [-0.15, -0.1) is 0 Å². The van der Waals surface area contributed by atoms with Crippen molar-refractivity contribution < 1.29 is 9.53 Å². The molecule has 1 aromatic carbocycles. The van der Waals surface area contributed by atoms with Crippen LogP contribution in [0.3, 0.4) is 0 Å². The molecule has 1 atom stereocenters. The molecular weight excluding hydrogens is 238 g/mol. The van der Waals surface area contributed by atoms with E-state index in [4.69, 9.17) is 4.74 Å². The summed E-state index contributed by atoms with van der Waals surface area (Å²) in [6.07, 6.45) is 2.62.